The summed E-state index contributed by atoms with van der Waals surface area (Å²) < 4.78 is 1.85. The standard InChI is InChI=1S/C28H32N6O/c1-4-31-12-10-22-17-32(13-11-26(22)31)24-9-8-23-7-5-6-21(14-28(35)33(23)18-24)25-15-27-20(3)29-19(2)16-34(27)30-25/h5-9,14-16,18,22,26H,4,10-13,17H2,1-3H3/b6-5+,21-14+,23-7?. The average Bonchev–Trinajstić information content (AvgIpc) is 3.46. The minimum absolute atomic E-state index is 0.0616. The van der Waals surface area contributed by atoms with Gasteiger partial charge in [0.1, 0.15) is 0 Å². The van der Waals surface area contributed by atoms with E-state index in [0.29, 0.717) is 12.0 Å². The molecule has 2 fully saturated rings. The number of nitrogens with zero attached hydrogens (tertiary/aromatic N) is 6. The number of hydrogen-bond acceptors (Lipinski definition) is 5. The molecule has 1 amide bonds. The van der Waals surface area contributed by atoms with Gasteiger partial charge in [-0.15, -0.1) is 0 Å². The molecule has 7 nitrogen and oxygen atoms in total. The largest absolute Gasteiger partial charge is 0.370 e. The van der Waals surface area contributed by atoms with E-state index in [0.717, 1.165) is 59.2 Å². The lowest BCUT2D eigenvalue weighted by Gasteiger charge is -2.40. The molecule has 4 aliphatic heterocycles. The first kappa shape index (κ1) is 22.0. The van der Waals surface area contributed by atoms with E-state index in [1.165, 1.54) is 19.4 Å². The first-order valence-electron chi connectivity index (χ1n) is 12.7. The van der Waals surface area contributed by atoms with Crippen LogP contribution in [0, 0.1) is 19.8 Å². The molecule has 0 saturated carbocycles. The fourth-order valence-electron chi connectivity index (χ4n) is 6.02. The molecular formula is C28H32N6O. The second-order valence-corrected chi connectivity index (χ2v) is 9.95. The smallest absolute Gasteiger partial charge is 0.255 e. The highest BCUT2D eigenvalue weighted by Gasteiger charge is 2.38. The lowest BCUT2D eigenvalue weighted by molar-refractivity contribution is -0.122. The molecule has 4 aliphatic rings. The summed E-state index contributed by atoms with van der Waals surface area (Å²) in [5, 5.41) is 4.73. The summed E-state index contributed by atoms with van der Waals surface area (Å²) in [4.78, 5) is 24.8. The monoisotopic (exact) mass is 468 g/mol. The molecule has 6 heterocycles. The zero-order chi connectivity index (χ0) is 24.1. The van der Waals surface area contributed by atoms with Crippen molar-refractivity contribution in [2.75, 3.05) is 26.2 Å². The van der Waals surface area contributed by atoms with E-state index in [1.54, 1.807) is 11.0 Å². The quantitative estimate of drug-likeness (QED) is 0.685. The molecule has 2 aromatic heterocycles. The van der Waals surface area contributed by atoms with E-state index in [-0.39, 0.29) is 5.91 Å². The summed E-state index contributed by atoms with van der Waals surface area (Å²) in [6.45, 7) is 10.7. The van der Waals surface area contributed by atoms with Crippen LogP contribution in [0.15, 0.2) is 66.3 Å². The number of allylic oxidation sites excluding steroid dienone is 6. The summed E-state index contributed by atoms with van der Waals surface area (Å²) in [5.41, 5.74) is 6.35. The Morgan fingerprint density at radius 2 is 1.94 bits per heavy atom. The third-order valence-corrected chi connectivity index (χ3v) is 7.80. The summed E-state index contributed by atoms with van der Waals surface area (Å²) >= 11 is 0. The van der Waals surface area contributed by atoms with Crippen LogP contribution in [-0.4, -0.2) is 67.4 Å². The van der Waals surface area contributed by atoms with Crippen LogP contribution in [0.2, 0.25) is 0 Å². The number of likely N-dealkylation sites (tertiary alicyclic amines) is 2. The molecule has 0 N–H and O–H groups in total. The number of aryl methyl sites for hydroxylation is 2. The Balaban J connectivity index is 1.27. The van der Waals surface area contributed by atoms with Crippen molar-refractivity contribution in [2.24, 2.45) is 5.92 Å². The van der Waals surface area contributed by atoms with Gasteiger partial charge in [0.2, 0.25) is 0 Å². The van der Waals surface area contributed by atoms with Gasteiger partial charge >= 0.3 is 0 Å². The highest BCUT2D eigenvalue weighted by atomic mass is 16.2. The molecule has 2 atom stereocenters. The van der Waals surface area contributed by atoms with Crippen molar-refractivity contribution in [2.45, 2.75) is 39.7 Å². The van der Waals surface area contributed by atoms with Gasteiger partial charge in [-0.25, -0.2) is 4.52 Å². The first-order valence-corrected chi connectivity index (χ1v) is 12.7. The number of rotatable bonds is 3. The van der Waals surface area contributed by atoms with E-state index in [4.69, 9.17) is 5.10 Å². The molecule has 7 heteroatoms. The number of fused-ring (bicyclic) bond motifs is 3. The van der Waals surface area contributed by atoms with Crippen LogP contribution < -0.4 is 0 Å². The maximum Gasteiger partial charge on any atom is 0.255 e. The highest BCUT2D eigenvalue weighted by molar-refractivity contribution is 5.99. The fraction of sp³-hybridized carbons (Fsp3) is 0.393. The molecule has 2 saturated heterocycles. The molecule has 6 rings (SSSR count). The van der Waals surface area contributed by atoms with E-state index in [9.17, 15) is 4.79 Å². The van der Waals surface area contributed by atoms with Gasteiger partial charge in [0, 0.05) is 42.7 Å². The van der Waals surface area contributed by atoms with Gasteiger partial charge in [0.25, 0.3) is 5.91 Å². The number of carbonyl (C=O) groups excluding carboxylic acids is 1. The molecule has 0 aromatic carbocycles. The van der Waals surface area contributed by atoms with Crippen molar-refractivity contribution in [3.8, 4) is 0 Å². The van der Waals surface area contributed by atoms with Gasteiger partial charge in [-0.1, -0.05) is 19.1 Å². The molecule has 0 spiro atoms. The van der Waals surface area contributed by atoms with Crippen molar-refractivity contribution in [1.82, 2.24) is 29.3 Å². The summed E-state index contributed by atoms with van der Waals surface area (Å²) in [5.74, 6) is 0.650. The second-order valence-electron chi connectivity index (χ2n) is 9.95. The third kappa shape index (κ3) is 3.93. The molecule has 2 aromatic rings. The summed E-state index contributed by atoms with van der Waals surface area (Å²) in [7, 11) is 0. The Hall–Kier alpha value is -3.45. The van der Waals surface area contributed by atoms with Crippen molar-refractivity contribution in [3.63, 3.8) is 0 Å². The van der Waals surface area contributed by atoms with E-state index < -0.39 is 0 Å². The maximum absolute atomic E-state index is 13.4. The van der Waals surface area contributed by atoms with Crippen LogP contribution in [0.4, 0.5) is 0 Å². The lowest BCUT2D eigenvalue weighted by atomic mass is 9.92. The predicted molar refractivity (Wildman–Crippen MR) is 137 cm³/mol. The second kappa shape index (κ2) is 8.64. The van der Waals surface area contributed by atoms with Gasteiger partial charge in [0.15, 0.2) is 0 Å². The van der Waals surface area contributed by atoms with Gasteiger partial charge in [-0.3, -0.25) is 14.7 Å². The Bertz CT molecular complexity index is 1340. The predicted octanol–water partition coefficient (Wildman–Crippen LogP) is 3.84. The zero-order valence-electron chi connectivity index (χ0n) is 20.7. The number of carbonyl (C=O) groups is 1. The third-order valence-electron chi connectivity index (χ3n) is 7.80. The number of hydrogen-bond donors (Lipinski definition) is 0. The van der Waals surface area contributed by atoms with Crippen LogP contribution in [-0.2, 0) is 4.79 Å². The van der Waals surface area contributed by atoms with E-state index in [1.807, 2.05) is 55.1 Å². The molecule has 35 heavy (non-hydrogen) atoms. The Morgan fingerprint density at radius 1 is 1.09 bits per heavy atom. The molecule has 2 unspecified atom stereocenters. The molecule has 180 valence electrons. The minimum Gasteiger partial charge on any atom is -0.370 e. The summed E-state index contributed by atoms with van der Waals surface area (Å²) in [6, 6.07) is 2.71. The minimum atomic E-state index is -0.0616. The van der Waals surface area contributed by atoms with Gasteiger partial charge in [-0.05, 0) is 70.0 Å². The molecular weight excluding hydrogens is 436 g/mol. The Labute approximate surface area is 206 Å². The highest BCUT2D eigenvalue weighted by Crippen LogP contribution is 2.34. The first-order chi connectivity index (χ1) is 17.0. The SMILES string of the molecule is CCN1CCC2CN(C3=CN4C(=O)/C=C(c5cc6c(C)nc(C)cn6n5)\C=C\C=C4C=C3)CCC21. The van der Waals surface area contributed by atoms with E-state index in [2.05, 4.69) is 33.9 Å². The van der Waals surface area contributed by atoms with Crippen molar-refractivity contribution in [3.05, 3.63) is 83.4 Å². The molecule has 0 aliphatic carbocycles. The maximum atomic E-state index is 13.4. The van der Waals surface area contributed by atoms with Crippen LogP contribution in [0.3, 0.4) is 0 Å². The van der Waals surface area contributed by atoms with Gasteiger partial charge < -0.3 is 9.80 Å². The number of piperidine rings is 1. The Morgan fingerprint density at radius 3 is 2.80 bits per heavy atom. The van der Waals surface area contributed by atoms with Crippen molar-refractivity contribution < 1.29 is 4.79 Å². The van der Waals surface area contributed by atoms with Crippen LogP contribution in [0.1, 0.15) is 36.8 Å². The number of amides is 1. The van der Waals surface area contributed by atoms with Gasteiger partial charge in [-0.2, -0.15) is 5.10 Å². The van der Waals surface area contributed by atoms with Crippen LogP contribution >= 0.6 is 0 Å². The average molecular weight is 469 g/mol. The summed E-state index contributed by atoms with van der Waals surface area (Å²) in [6.07, 6.45) is 18.2. The van der Waals surface area contributed by atoms with Gasteiger partial charge in [0.05, 0.1) is 34.5 Å². The lowest BCUT2D eigenvalue weighted by Crippen LogP contribution is -2.45. The molecule has 0 radical (unpaired) electrons. The topological polar surface area (TPSA) is 57.0 Å². The number of aromatic nitrogens is 3. The van der Waals surface area contributed by atoms with Crippen LogP contribution in [0.25, 0.3) is 11.1 Å². The van der Waals surface area contributed by atoms with Crippen molar-refractivity contribution >= 4 is 17.0 Å². The molecule has 0 bridgehead atoms. The van der Waals surface area contributed by atoms with Crippen LogP contribution in [0.5, 0.6) is 0 Å². The zero-order valence-corrected chi connectivity index (χ0v) is 20.7. The van der Waals surface area contributed by atoms with Crippen molar-refractivity contribution in [1.29, 1.82) is 0 Å². The fourth-order valence-corrected chi connectivity index (χ4v) is 6.02. The van der Waals surface area contributed by atoms with E-state index >= 15 is 0 Å². The normalized spacial score (nSPS) is 27.1. The Kier molecular flexibility index (Phi) is 5.44.